The van der Waals surface area contributed by atoms with E-state index in [9.17, 15) is 19.7 Å². The van der Waals surface area contributed by atoms with Gasteiger partial charge in [0.05, 0.1) is 6.61 Å². The number of ether oxygens (including phenoxy) is 2. The summed E-state index contributed by atoms with van der Waals surface area (Å²) in [5, 5.41) is 11.0. The second-order valence-corrected chi connectivity index (χ2v) is 6.50. The first kappa shape index (κ1) is 20.2. The highest BCUT2D eigenvalue weighted by Crippen LogP contribution is 2.34. The molecule has 1 aromatic heterocycles. The summed E-state index contributed by atoms with van der Waals surface area (Å²) in [6, 6.07) is 12.4. The molecular weight excluding hydrogens is 378 g/mol. The fraction of sp³-hybridized carbons (Fsp3) is 0.350. The summed E-state index contributed by atoms with van der Waals surface area (Å²) in [4.78, 5) is 40.2. The average Bonchev–Trinajstić information content (AvgIpc) is 2.73. The number of aromatic nitrogens is 1. The first-order valence-electron chi connectivity index (χ1n) is 9.32. The van der Waals surface area contributed by atoms with E-state index in [1.807, 2.05) is 30.3 Å². The Morgan fingerprint density at radius 2 is 2.03 bits per heavy atom. The molecule has 0 fully saturated rings. The van der Waals surface area contributed by atoms with Crippen LogP contribution in [0.15, 0.2) is 42.5 Å². The maximum absolute atomic E-state index is 12.6. The number of aryl methyl sites for hydroxylation is 1. The standard InChI is InChI=1S/C20H21N3O6/c1-2-15-20(25)22(19-16(29-15)10-11-17(21-19)23(26)27)13-18(24)28-12-6-9-14-7-4-3-5-8-14/h3-5,7-8,10-11,15H,2,6,9,12-13H2,1H3. The number of pyridine rings is 1. The molecule has 2 aromatic rings. The van der Waals surface area contributed by atoms with Crippen molar-refractivity contribution in [2.45, 2.75) is 32.3 Å². The highest BCUT2D eigenvalue weighted by molar-refractivity contribution is 6.02. The second-order valence-electron chi connectivity index (χ2n) is 6.50. The van der Waals surface area contributed by atoms with Crippen LogP contribution in [-0.2, 0) is 20.7 Å². The van der Waals surface area contributed by atoms with E-state index in [0.717, 1.165) is 16.9 Å². The minimum Gasteiger partial charge on any atom is -0.474 e. The molecule has 29 heavy (non-hydrogen) atoms. The lowest BCUT2D eigenvalue weighted by Crippen LogP contribution is -2.48. The molecule has 1 aliphatic rings. The first-order valence-corrected chi connectivity index (χ1v) is 9.32. The van der Waals surface area contributed by atoms with Crippen LogP contribution in [0.2, 0.25) is 0 Å². The molecule has 0 saturated carbocycles. The topological polar surface area (TPSA) is 112 Å². The van der Waals surface area contributed by atoms with E-state index in [0.29, 0.717) is 12.8 Å². The van der Waals surface area contributed by atoms with Gasteiger partial charge in [-0.15, -0.1) is 0 Å². The fourth-order valence-corrected chi connectivity index (χ4v) is 2.99. The van der Waals surface area contributed by atoms with Gasteiger partial charge >= 0.3 is 11.8 Å². The maximum atomic E-state index is 12.6. The highest BCUT2D eigenvalue weighted by Gasteiger charge is 2.39. The number of amides is 1. The van der Waals surface area contributed by atoms with Crippen LogP contribution < -0.4 is 9.64 Å². The number of benzene rings is 1. The Morgan fingerprint density at radius 1 is 1.28 bits per heavy atom. The van der Waals surface area contributed by atoms with Crippen LogP contribution in [0.5, 0.6) is 5.75 Å². The normalized spacial score (nSPS) is 15.4. The van der Waals surface area contributed by atoms with Crippen LogP contribution in [0.1, 0.15) is 25.3 Å². The van der Waals surface area contributed by atoms with Crippen LogP contribution in [0.25, 0.3) is 0 Å². The van der Waals surface area contributed by atoms with Gasteiger partial charge in [0.1, 0.15) is 6.54 Å². The molecule has 0 radical (unpaired) electrons. The van der Waals surface area contributed by atoms with E-state index < -0.39 is 28.7 Å². The van der Waals surface area contributed by atoms with Gasteiger partial charge in [0.15, 0.2) is 11.9 Å². The molecule has 3 rings (SSSR count). The van der Waals surface area contributed by atoms with Crippen LogP contribution >= 0.6 is 0 Å². The Bertz CT molecular complexity index is 902. The number of nitrogens with zero attached hydrogens (tertiary/aromatic N) is 3. The van der Waals surface area contributed by atoms with Gasteiger partial charge in [-0.05, 0) is 40.8 Å². The number of hydrogen-bond acceptors (Lipinski definition) is 7. The molecule has 1 amide bonds. The Labute approximate surface area is 167 Å². The van der Waals surface area contributed by atoms with Crippen molar-refractivity contribution in [2.75, 3.05) is 18.1 Å². The monoisotopic (exact) mass is 399 g/mol. The van der Waals surface area contributed by atoms with Crippen molar-refractivity contribution >= 4 is 23.5 Å². The van der Waals surface area contributed by atoms with Gasteiger partial charge in [-0.2, -0.15) is 0 Å². The number of carbonyl (C=O) groups is 2. The van der Waals surface area contributed by atoms with E-state index >= 15 is 0 Å². The van der Waals surface area contributed by atoms with Crippen LogP contribution in [0.3, 0.4) is 0 Å². The Hall–Kier alpha value is -3.49. The molecule has 0 spiro atoms. The number of esters is 1. The predicted molar refractivity (Wildman–Crippen MR) is 104 cm³/mol. The summed E-state index contributed by atoms with van der Waals surface area (Å²) >= 11 is 0. The minimum absolute atomic E-state index is 0.0462. The predicted octanol–water partition coefficient (Wildman–Crippen LogP) is 2.67. The molecule has 0 bridgehead atoms. The third-order valence-electron chi connectivity index (χ3n) is 4.45. The van der Waals surface area contributed by atoms with Gasteiger partial charge in [0.2, 0.25) is 0 Å². The molecule has 0 N–H and O–H groups in total. The third-order valence-corrected chi connectivity index (χ3v) is 4.45. The first-order chi connectivity index (χ1) is 14.0. The summed E-state index contributed by atoms with van der Waals surface area (Å²) in [6.07, 6.45) is 1.01. The van der Waals surface area contributed by atoms with E-state index in [2.05, 4.69) is 4.98 Å². The SMILES string of the molecule is CCC1Oc2ccc([N+](=O)[O-])nc2N(CC(=O)OCCCc2ccccc2)C1=O. The summed E-state index contributed by atoms with van der Waals surface area (Å²) in [6.45, 7) is 1.59. The molecule has 1 atom stereocenters. The highest BCUT2D eigenvalue weighted by atomic mass is 16.6. The van der Waals surface area contributed by atoms with Gasteiger partial charge in [0, 0.05) is 6.07 Å². The molecule has 1 unspecified atom stereocenters. The maximum Gasteiger partial charge on any atom is 0.366 e. The molecular formula is C20H21N3O6. The lowest BCUT2D eigenvalue weighted by molar-refractivity contribution is -0.389. The molecule has 1 aromatic carbocycles. The molecule has 9 heteroatoms. The largest absolute Gasteiger partial charge is 0.474 e. The summed E-state index contributed by atoms with van der Waals surface area (Å²) in [5.41, 5.74) is 1.14. The van der Waals surface area contributed by atoms with Gasteiger partial charge < -0.3 is 19.6 Å². The second kappa shape index (κ2) is 9.13. The molecule has 0 saturated heterocycles. The number of nitro groups is 1. The minimum atomic E-state index is -0.781. The van der Waals surface area contributed by atoms with E-state index in [-0.39, 0.29) is 24.7 Å². The quantitative estimate of drug-likeness (QED) is 0.290. The molecule has 152 valence electrons. The average molecular weight is 399 g/mol. The van der Waals surface area contributed by atoms with Crippen molar-refractivity contribution in [3.05, 3.63) is 58.1 Å². The summed E-state index contributed by atoms with van der Waals surface area (Å²) in [5.74, 6) is -1.35. The zero-order chi connectivity index (χ0) is 20.8. The van der Waals surface area contributed by atoms with Crippen LogP contribution in [-0.4, -0.2) is 41.0 Å². The van der Waals surface area contributed by atoms with Crippen molar-refractivity contribution in [1.82, 2.24) is 4.98 Å². The lowest BCUT2D eigenvalue weighted by atomic mass is 10.1. The Kier molecular flexibility index (Phi) is 6.38. The van der Waals surface area contributed by atoms with Crippen molar-refractivity contribution in [3.63, 3.8) is 0 Å². The molecule has 0 aliphatic carbocycles. The smallest absolute Gasteiger partial charge is 0.366 e. The Balaban J connectivity index is 1.65. The van der Waals surface area contributed by atoms with Crippen molar-refractivity contribution in [1.29, 1.82) is 0 Å². The van der Waals surface area contributed by atoms with Crippen LogP contribution in [0, 0.1) is 10.1 Å². The number of fused-ring (bicyclic) bond motifs is 1. The Morgan fingerprint density at radius 3 is 2.72 bits per heavy atom. The molecule has 1 aliphatic heterocycles. The van der Waals surface area contributed by atoms with Crippen LogP contribution in [0.4, 0.5) is 11.6 Å². The number of rotatable bonds is 8. The zero-order valence-electron chi connectivity index (χ0n) is 15.9. The van der Waals surface area contributed by atoms with E-state index in [4.69, 9.17) is 9.47 Å². The number of anilines is 1. The fourth-order valence-electron chi connectivity index (χ4n) is 2.99. The number of hydrogen-bond donors (Lipinski definition) is 0. The van der Waals surface area contributed by atoms with E-state index in [1.54, 1.807) is 6.92 Å². The van der Waals surface area contributed by atoms with Gasteiger partial charge in [-0.25, -0.2) is 0 Å². The van der Waals surface area contributed by atoms with Crippen molar-refractivity contribution in [3.8, 4) is 5.75 Å². The third kappa shape index (κ3) is 4.87. The molecule has 9 nitrogen and oxygen atoms in total. The van der Waals surface area contributed by atoms with Gasteiger partial charge in [-0.1, -0.05) is 37.3 Å². The molecule has 2 heterocycles. The summed E-state index contributed by atoms with van der Waals surface area (Å²) in [7, 11) is 0. The summed E-state index contributed by atoms with van der Waals surface area (Å²) < 4.78 is 10.8. The van der Waals surface area contributed by atoms with Gasteiger partial charge in [-0.3, -0.25) is 14.5 Å². The van der Waals surface area contributed by atoms with Gasteiger partial charge in [0.25, 0.3) is 11.7 Å². The van der Waals surface area contributed by atoms with E-state index in [1.165, 1.54) is 12.1 Å². The van der Waals surface area contributed by atoms with Crippen molar-refractivity contribution < 1.29 is 24.0 Å². The van der Waals surface area contributed by atoms with Crippen molar-refractivity contribution in [2.24, 2.45) is 0 Å². The zero-order valence-corrected chi connectivity index (χ0v) is 15.9. The lowest BCUT2D eigenvalue weighted by Gasteiger charge is -2.29. The number of carbonyl (C=O) groups excluding carboxylic acids is 2.